The molecule has 1 aromatic heterocycles. The van der Waals surface area contributed by atoms with Gasteiger partial charge >= 0.3 is 0 Å². The number of aromatic nitrogens is 4. The summed E-state index contributed by atoms with van der Waals surface area (Å²) in [4.78, 5) is 0. The standard InChI is InChI=1S/C10H13N5S/c1-15-10(12-13-14-15)16-7-9-4-2-8(6-11)3-5-9/h2-5H,6-7,11H2,1H3. The Kier molecular flexibility index (Phi) is 3.53. The van der Waals surface area contributed by atoms with Gasteiger partial charge in [0.25, 0.3) is 0 Å². The highest BCUT2D eigenvalue weighted by Gasteiger charge is 2.03. The molecule has 0 fully saturated rings. The first-order valence-corrected chi connectivity index (χ1v) is 5.91. The second-order valence-corrected chi connectivity index (χ2v) is 4.34. The first kappa shape index (κ1) is 11.1. The minimum absolute atomic E-state index is 0.584. The molecule has 0 spiro atoms. The van der Waals surface area contributed by atoms with Crippen LogP contribution < -0.4 is 5.73 Å². The van der Waals surface area contributed by atoms with Crippen molar-refractivity contribution in [1.82, 2.24) is 20.2 Å². The van der Waals surface area contributed by atoms with Crippen LogP contribution in [0.15, 0.2) is 29.4 Å². The van der Waals surface area contributed by atoms with Crippen LogP contribution in [-0.2, 0) is 19.3 Å². The van der Waals surface area contributed by atoms with Gasteiger partial charge in [-0.1, -0.05) is 36.0 Å². The van der Waals surface area contributed by atoms with Gasteiger partial charge in [-0.2, -0.15) is 0 Å². The average Bonchev–Trinajstić information content (AvgIpc) is 2.73. The fourth-order valence-electron chi connectivity index (χ4n) is 1.26. The van der Waals surface area contributed by atoms with E-state index in [0.29, 0.717) is 6.54 Å². The summed E-state index contributed by atoms with van der Waals surface area (Å²) in [6.07, 6.45) is 0. The van der Waals surface area contributed by atoms with Crippen LogP contribution in [-0.4, -0.2) is 20.2 Å². The van der Waals surface area contributed by atoms with E-state index in [0.717, 1.165) is 16.5 Å². The smallest absolute Gasteiger partial charge is 0.209 e. The van der Waals surface area contributed by atoms with Gasteiger partial charge in [0.2, 0.25) is 5.16 Å². The van der Waals surface area contributed by atoms with Crippen LogP contribution in [0, 0.1) is 0 Å². The summed E-state index contributed by atoms with van der Waals surface area (Å²) >= 11 is 1.62. The molecule has 84 valence electrons. The molecule has 2 N–H and O–H groups in total. The lowest BCUT2D eigenvalue weighted by Crippen LogP contribution is -1.96. The lowest BCUT2D eigenvalue weighted by Gasteiger charge is -2.01. The van der Waals surface area contributed by atoms with Crippen molar-refractivity contribution in [2.75, 3.05) is 0 Å². The summed E-state index contributed by atoms with van der Waals surface area (Å²) in [5, 5.41) is 12.1. The number of thioether (sulfide) groups is 1. The van der Waals surface area contributed by atoms with Crippen molar-refractivity contribution in [2.45, 2.75) is 17.5 Å². The van der Waals surface area contributed by atoms with Gasteiger partial charge in [0.1, 0.15) is 0 Å². The molecule has 2 aromatic rings. The minimum Gasteiger partial charge on any atom is -0.326 e. The highest BCUT2D eigenvalue weighted by Crippen LogP contribution is 2.19. The van der Waals surface area contributed by atoms with E-state index in [2.05, 4.69) is 27.7 Å². The Morgan fingerprint density at radius 2 is 1.94 bits per heavy atom. The van der Waals surface area contributed by atoms with E-state index in [9.17, 15) is 0 Å². The van der Waals surface area contributed by atoms with Gasteiger partial charge in [-0.15, -0.1) is 5.10 Å². The van der Waals surface area contributed by atoms with Crippen molar-refractivity contribution < 1.29 is 0 Å². The lowest BCUT2D eigenvalue weighted by atomic mass is 10.1. The lowest BCUT2D eigenvalue weighted by molar-refractivity contribution is 0.664. The third kappa shape index (κ3) is 2.59. The number of hydrogen-bond donors (Lipinski definition) is 1. The third-order valence-electron chi connectivity index (χ3n) is 2.21. The number of nitrogens with zero attached hydrogens (tertiary/aromatic N) is 4. The fourth-order valence-corrected chi connectivity index (χ4v) is 2.07. The predicted octanol–water partition coefficient (Wildman–Crippen LogP) is 0.961. The summed E-state index contributed by atoms with van der Waals surface area (Å²) in [6, 6.07) is 8.26. The predicted molar refractivity (Wildman–Crippen MR) is 62.7 cm³/mol. The maximum atomic E-state index is 5.54. The van der Waals surface area contributed by atoms with E-state index in [-0.39, 0.29) is 0 Å². The Morgan fingerprint density at radius 3 is 2.50 bits per heavy atom. The molecule has 0 saturated heterocycles. The molecule has 0 bridgehead atoms. The molecule has 0 aliphatic heterocycles. The zero-order chi connectivity index (χ0) is 11.4. The highest BCUT2D eigenvalue weighted by atomic mass is 32.2. The summed E-state index contributed by atoms with van der Waals surface area (Å²) in [7, 11) is 1.83. The SMILES string of the molecule is Cn1nnnc1SCc1ccc(CN)cc1. The molecule has 1 aromatic carbocycles. The number of benzene rings is 1. The van der Waals surface area contributed by atoms with E-state index >= 15 is 0 Å². The zero-order valence-corrected chi connectivity index (χ0v) is 9.81. The first-order valence-electron chi connectivity index (χ1n) is 4.92. The fraction of sp³-hybridized carbons (Fsp3) is 0.300. The molecular weight excluding hydrogens is 222 g/mol. The van der Waals surface area contributed by atoms with E-state index in [1.165, 1.54) is 5.56 Å². The van der Waals surface area contributed by atoms with Crippen molar-refractivity contribution in [3.63, 3.8) is 0 Å². The maximum absolute atomic E-state index is 5.54. The third-order valence-corrected chi connectivity index (χ3v) is 3.29. The molecule has 0 amide bonds. The van der Waals surface area contributed by atoms with Crippen LogP contribution >= 0.6 is 11.8 Å². The monoisotopic (exact) mass is 235 g/mol. The normalized spacial score (nSPS) is 10.6. The molecule has 0 atom stereocenters. The first-order chi connectivity index (χ1) is 7.79. The minimum atomic E-state index is 0.584. The van der Waals surface area contributed by atoms with Gasteiger partial charge in [-0.05, 0) is 21.6 Å². The quantitative estimate of drug-likeness (QED) is 0.799. The maximum Gasteiger partial charge on any atom is 0.209 e. The molecule has 16 heavy (non-hydrogen) atoms. The van der Waals surface area contributed by atoms with Crippen molar-refractivity contribution in [3.8, 4) is 0 Å². The Labute approximate surface area is 98.0 Å². The number of hydrogen-bond acceptors (Lipinski definition) is 5. The van der Waals surface area contributed by atoms with Gasteiger partial charge in [-0.25, -0.2) is 4.68 Å². The molecule has 6 heteroatoms. The van der Waals surface area contributed by atoms with E-state index in [4.69, 9.17) is 5.73 Å². The van der Waals surface area contributed by atoms with E-state index in [1.54, 1.807) is 16.4 Å². The molecule has 0 radical (unpaired) electrons. The Hall–Kier alpha value is -1.40. The van der Waals surface area contributed by atoms with Crippen molar-refractivity contribution in [1.29, 1.82) is 0 Å². The van der Waals surface area contributed by atoms with Crippen molar-refractivity contribution >= 4 is 11.8 Å². The molecule has 5 nitrogen and oxygen atoms in total. The molecule has 0 aliphatic rings. The molecule has 2 rings (SSSR count). The molecule has 1 heterocycles. The van der Waals surface area contributed by atoms with Crippen LogP contribution in [0.5, 0.6) is 0 Å². The number of tetrazole rings is 1. The number of nitrogens with two attached hydrogens (primary N) is 1. The molecular formula is C10H13N5S. The largest absolute Gasteiger partial charge is 0.326 e. The van der Waals surface area contributed by atoms with Gasteiger partial charge in [0.05, 0.1) is 0 Å². The van der Waals surface area contributed by atoms with Crippen LogP contribution in [0.25, 0.3) is 0 Å². The van der Waals surface area contributed by atoms with Gasteiger partial charge in [0, 0.05) is 19.3 Å². The second-order valence-electron chi connectivity index (χ2n) is 3.39. The molecule has 0 saturated carbocycles. The Morgan fingerprint density at radius 1 is 1.25 bits per heavy atom. The van der Waals surface area contributed by atoms with Gasteiger partial charge < -0.3 is 5.73 Å². The summed E-state index contributed by atoms with van der Waals surface area (Å²) in [5.41, 5.74) is 7.92. The van der Waals surface area contributed by atoms with Gasteiger partial charge in [-0.3, -0.25) is 0 Å². The van der Waals surface area contributed by atoms with Crippen molar-refractivity contribution in [3.05, 3.63) is 35.4 Å². The van der Waals surface area contributed by atoms with E-state index in [1.807, 2.05) is 19.2 Å². The van der Waals surface area contributed by atoms with Gasteiger partial charge in [0.15, 0.2) is 0 Å². The molecule has 0 aliphatic carbocycles. The number of rotatable bonds is 4. The number of aryl methyl sites for hydroxylation is 1. The van der Waals surface area contributed by atoms with Crippen LogP contribution in [0.1, 0.15) is 11.1 Å². The summed E-state index contributed by atoms with van der Waals surface area (Å²) in [5.74, 6) is 0.860. The van der Waals surface area contributed by atoms with Crippen molar-refractivity contribution in [2.24, 2.45) is 12.8 Å². The average molecular weight is 235 g/mol. The highest BCUT2D eigenvalue weighted by molar-refractivity contribution is 7.98. The van der Waals surface area contributed by atoms with E-state index < -0.39 is 0 Å². The Bertz CT molecular complexity index is 450. The van der Waals surface area contributed by atoms with Crippen LogP contribution in [0.3, 0.4) is 0 Å². The topological polar surface area (TPSA) is 69.6 Å². The zero-order valence-electron chi connectivity index (χ0n) is 9.00. The second kappa shape index (κ2) is 5.09. The molecule has 0 unspecified atom stereocenters. The van der Waals surface area contributed by atoms with Crippen LogP contribution in [0.2, 0.25) is 0 Å². The van der Waals surface area contributed by atoms with Crippen LogP contribution in [0.4, 0.5) is 0 Å². The summed E-state index contributed by atoms with van der Waals surface area (Å²) in [6.45, 7) is 0.584. The Balaban J connectivity index is 1.97. The summed E-state index contributed by atoms with van der Waals surface area (Å²) < 4.78 is 1.67.